The number of phenolic OH excluding ortho intramolecular Hbond substituents is 1. The first kappa shape index (κ1) is 15.8. The lowest BCUT2D eigenvalue weighted by atomic mass is 10.0. The molecule has 2 aromatic rings. The van der Waals surface area contributed by atoms with E-state index in [0.717, 1.165) is 38.0 Å². The van der Waals surface area contributed by atoms with E-state index >= 15 is 0 Å². The van der Waals surface area contributed by atoms with Gasteiger partial charge >= 0.3 is 0 Å². The van der Waals surface area contributed by atoms with Crippen LogP contribution >= 0.6 is 11.3 Å². The van der Waals surface area contributed by atoms with Gasteiger partial charge < -0.3 is 16.2 Å². The Hall–Kier alpha value is -2.12. The number of carbonyl (C=O) groups is 1. The van der Waals surface area contributed by atoms with Crippen molar-refractivity contribution in [3.05, 3.63) is 40.9 Å². The van der Waals surface area contributed by atoms with Crippen LogP contribution < -0.4 is 11.1 Å². The third-order valence-corrected chi connectivity index (χ3v) is 4.59. The van der Waals surface area contributed by atoms with Gasteiger partial charge in [0.05, 0.1) is 0 Å². The van der Waals surface area contributed by atoms with Gasteiger partial charge in [0, 0.05) is 24.5 Å². The Balaban J connectivity index is 1.56. The van der Waals surface area contributed by atoms with Gasteiger partial charge in [-0.1, -0.05) is 12.1 Å². The Morgan fingerprint density at radius 1 is 1.52 bits per heavy atom. The van der Waals surface area contributed by atoms with Crippen LogP contribution in [0.2, 0.25) is 0 Å². The van der Waals surface area contributed by atoms with E-state index in [0.29, 0.717) is 10.8 Å². The zero-order valence-electron chi connectivity index (χ0n) is 12.7. The summed E-state index contributed by atoms with van der Waals surface area (Å²) in [7, 11) is 0. The number of nitrogens with one attached hydrogen (secondary N) is 1. The first-order valence-corrected chi connectivity index (χ1v) is 8.50. The molecule has 7 heteroatoms. The van der Waals surface area contributed by atoms with E-state index in [-0.39, 0.29) is 17.7 Å². The molecule has 0 saturated carbocycles. The molecule has 0 radical (unpaired) electrons. The number of nitrogen functional groups attached to an aromatic ring is 1. The number of aromatic hydroxyl groups is 1. The molecule has 3 rings (SSSR count). The molecule has 1 fully saturated rings. The first-order valence-electron chi connectivity index (χ1n) is 7.62. The minimum Gasteiger partial charge on any atom is -0.508 e. The fourth-order valence-electron chi connectivity index (χ4n) is 2.88. The average Bonchev–Trinajstić information content (AvgIpc) is 2.94. The molecule has 1 amide bonds. The summed E-state index contributed by atoms with van der Waals surface area (Å²) < 4.78 is 0. The molecular formula is C16H20N4O2S. The smallest absolute Gasteiger partial charge is 0.271 e. The normalized spacial score (nSPS) is 18.7. The third kappa shape index (κ3) is 4.20. The van der Waals surface area contributed by atoms with Crippen molar-refractivity contribution >= 4 is 22.4 Å². The van der Waals surface area contributed by atoms with E-state index in [1.807, 2.05) is 12.1 Å². The third-order valence-electron chi connectivity index (χ3n) is 3.91. The number of hydrogen-bond donors (Lipinski definition) is 3. The highest BCUT2D eigenvalue weighted by Crippen LogP contribution is 2.17. The number of carbonyl (C=O) groups excluding carboxylic acids is 1. The fraction of sp³-hybridized carbons (Fsp3) is 0.375. The van der Waals surface area contributed by atoms with Crippen LogP contribution in [0.1, 0.15) is 28.9 Å². The van der Waals surface area contributed by atoms with Gasteiger partial charge in [0.2, 0.25) is 0 Å². The lowest BCUT2D eigenvalue weighted by Gasteiger charge is -2.33. The van der Waals surface area contributed by atoms with Gasteiger partial charge in [0.25, 0.3) is 5.91 Å². The van der Waals surface area contributed by atoms with Crippen LogP contribution in [0.25, 0.3) is 0 Å². The highest BCUT2D eigenvalue weighted by Gasteiger charge is 2.22. The molecule has 0 unspecified atom stereocenters. The standard InChI is InChI=1S/C16H20N4O2S/c17-16-19-14(10-23-16)15(22)18-12-4-2-6-20(9-12)8-11-3-1-5-13(21)7-11/h1,3,5,7,10,12,21H,2,4,6,8-9H2,(H2,17,19)(H,18,22)/t12-/m0/s1. The fourth-order valence-corrected chi connectivity index (χ4v) is 3.42. The van der Waals surface area contributed by atoms with Crippen LogP contribution in [0.3, 0.4) is 0 Å². The number of rotatable bonds is 4. The maximum absolute atomic E-state index is 12.2. The van der Waals surface area contributed by atoms with Gasteiger partial charge in [-0.15, -0.1) is 11.3 Å². The largest absolute Gasteiger partial charge is 0.508 e. The lowest BCUT2D eigenvalue weighted by molar-refractivity contribution is 0.0896. The predicted molar refractivity (Wildman–Crippen MR) is 90.4 cm³/mol. The minimum absolute atomic E-state index is 0.108. The highest BCUT2D eigenvalue weighted by atomic mass is 32.1. The summed E-state index contributed by atoms with van der Waals surface area (Å²) >= 11 is 1.27. The van der Waals surface area contributed by atoms with Crippen LogP contribution in [0.5, 0.6) is 5.75 Å². The number of phenols is 1. The average molecular weight is 332 g/mol. The van der Waals surface area contributed by atoms with E-state index in [4.69, 9.17) is 5.73 Å². The minimum atomic E-state index is -0.165. The number of amides is 1. The molecule has 122 valence electrons. The molecule has 1 atom stereocenters. The Kier molecular flexibility index (Phi) is 4.78. The molecule has 1 aliphatic heterocycles. The van der Waals surface area contributed by atoms with Gasteiger partial charge in [-0.25, -0.2) is 4.98 Å². The number of nitrogens with two attached hydrogens (primary N) is 1. The second-order valence-electron chi connectivity index (χ2n) is 5.79. The number of thiazole rings is 1. The molecule has 1 aliphatic rings. The zero-order chi connectivity index (χ0) is 16.2. The van der Waals surface area contributed by atoms with Crippen molar-refractivity contribution in [1.82, 2.24) is 15.2 Å². The van der Waals surface area contributed by atoms with Gasteiger partial charge in [-0.3, -0.25) is 9.69 Å². The molecule has 4 N–H and O–H groups in total. The topological polar surface area (TPSA) is 91.5 Å². The summed E-state index contributed by atoms with van der Waals surface area (Å²) in [5.74, 6) is 0.118. The SMILES string of the molecule is Nc1nc(C(=O)N[C@H]2CCCN(Cc3cccc(O)c3)C2)cs1. The summed E-state index contributed by atoms with van der Waals surface area (Å²) in [5, 5.41) is 14.7. The number of anilines is 1. The second-order valence-corrected chi connectivity index (χ2v) is 6.68. The van der Waals surface area contributed by atoms with Gasteiger partial charge in [0.15, 0.2) is 5.13 Å². The Morgan fingerprint density at radius 2 is 2.39 bits per heavy atom. The Labute approximate surface area is 139 Å². The molecule has 1 aromatic carbocycles. The van der Waals surface area contributed by atoms with E-state index < -0.39 is 0 Å². The molecule has 0 spiro atoms. The summed E-state index contributed by atoms with van der Waals surface area (Å²) in [6, 6.07) is 7.40. The molecule has 2 heterocycles. The number of piperidine rings is 1. The van der Waals surface area contributed by atoms with Crippen LogP contribution in [-0.4, -0.2) is 40.0 Å². The quantitative estimate of drug-likeness (QED) is 0.794. The molecule has 1 saturated heterocycles. The Bertz CT molecular complexity index is 688. The van der Waals surface area contributed by atoms with Gasteiger partial charge in [0.1, 0.15) is 11.4 Å². The van der Waals surface area contributed by atoms with Crippen molar-refractivity contribution in [2.75, 3.05) is 18.8 Å². The summed E-state index contributed by atoms with van der Waals surface area (Å²) in [4.78, 5) is 18.5. The molecular weight excluding hydrogens is 312 g/mol. The maximum Gasteiger partial charge on any atom is 0.271 e. The highest BCUT2D eigenvalue weighted by molar-refractivity contribution is 7.13. The van der Waals surface area contributed by atoms with Crippen LogP contribution in [0, 0.1) is 0 Å². The molecule has 0 bridgehead atoms. The molecule has 6 nitrogen and oxygen atoms in total. The maximum atomic E-state index is 12.2. The van der Waals surface area contributed by atoms with Crippen molar-refractivity contribution < 1.29 is 9.90 Å². The Morgan fingerprint density at radius 3 is 3.13 bits per heavy atom. The van der Waals surface area contributed by atoms with Crippen molar-refractivity contribution in [3.63, 3.8) is 0 Å². The van der Waals surface area contributed by atoms with E-state index in [1.54, 1.807) is 17.5 Å². The monoisotopic (exact) mass is 332 g/mol. The summed E-state index contributed by atoms with van der Waals surface area (Å²) in [6.45, 7) is 2.55. The lowest BCUT2D eigenvalue weighted by Crippen LogP contribution is -2.47. The number of hydrogen-bond acceptors (Lipinski definition) is 6. The summed E-state index contributed by atoms with van der Waals surface area (Å²) in [5.41, 5.74) is 7.03. The number of nitrogens with zero attached hydrogens (tertiary/aromatic N) is 2. The summed E-state index contributed by atoms with van der Waals surface area (Å²) in [6.07, 6.45) is 1.99. The molecule has 23 heavy (non-hydrogen) atoms. The zero-order valence-corrected chi connectivity index (χ0v) is 13.6. The number of aromatic nitrogens is 1. The molecule has 0 aliphatic carbocycles. The van der Waals surface area contributed by atoms with Crippen molar-refractivity contribution in [2.45, 2.75) is 25.4 Å². The van der Waals surface area contributed by atoms with Gasteiger partial charge in [-0.2, -0.15) is 0 Å². The number of benzene rings is 1. The van der Waals surface area contributed by atoms with Crippen LogP contribution in [0.15, 0.2) is 29.6 Å². The second kappa shape index (κ2) is 6.97. The van der Waals surface area contributed by atoms with E-state index in [9.17, 15) is 9.90 Å². The van der Waals surface area contributed by atoms with Crippen molar-refractivity contribution in [1.29, 1.82) is 0 Å². The first-order chi connectivity index (χ1) is 11.1. The van der Waals surface area contributed by atoms with E-state index in [2.05, 4.69) is 15.2 Å². The van der Waals surface area contributed by atoms with Crippen LogP contribution in [-0.2, 0) is 6.54 Å². The number of likely N-dealkylation sites (tertiary alicyclic amines) is 1. The van der Waals surface area contributed by atoms with Gasteiger partial charge in [-0.05, 0) is 37.1 Å². The van der Waals surface area contributed by atoms with Crippen molar-refractivity contribution in [3.8, 4) is 5.75 Å². The van der Waals surface area contributed by atoms with Crippen molar-refractivity contribution in [2.24, 2.45) is 0 Å². The predicted octanol–water partition coefficient (Wildman–Crippen LogP) is 1.83. The molecule has 1 aromatic heterocycles. The van der Waals surface area contributed by atoms with Crippen LogP contribution in [0.4, 0.5) is 5.13 Å². The van der Waals surface area contributed by atoms with E-state index in [1.165, 1.54) is 11.3 Å².